The topological polar surface area (TPSA) is 20.2 Å². The fraction of sp³-hybridized carbons (Fsp3) is 0.556. The van der Waals surface area contributed by atoms with E-state index in [4.69, 9.17) is 11.6 Å². The Morgan fingerprint density at radius 1 is 1.58 bits per heavy atom. The molecule has 1 aliphatic rings. The number of rotatable bonds is 2. The Labute approximate surface area is 81.0 Å². The summed E-state index contributed by atoms with van der Waals surface area (Å²) >= 11 is 7.26. The molecule has 0 amide bonds. The van der Waals surface area contributed by atoms with Crippen LogP contribution in [0, 0.1) is 5.41 Å². The lowest BCUT2D eigenvalue weighted by atomic mass is 10.0. The molecule has 0 bridgehead atoms. The van der Waals surface area contributed by atoms with Crippen molar-refractivity contribution in [1.29, 1.82) is 0 Å². The number of aliphatic hydroxyl groups is 1. The molecule has 0 spiro atoms. The van der Waals surface area contributed by atoms with Gasteiger partial charge in [0.15, 0.2) is 0 Å². The monoisotopic (exact) mass is 202 g/mol. The predicted molar refractivity (Wildman–Crippen MR) is 51.6 cm³/mol. The lowest BCUT2D eigenvalue weighted by Gasteiger charge is -2.14. The third-order valence-electron chi connectivity index (χ3n) is 2.56. The zero-order valence-corrected chi connectivity index (χ0v) is 8.45. The number of hydrogen-bond donors (Lipinski definition) is 1. The van der Waals surface area contributed by atoms with Crippen LogP contribution in [0.25, 0.3) is 0 Å². The molecule has 1 unspecified atom stereocenters. The van der Waals surface area contributed by atoms with E-state index in [1.54, 1.807) is 0 Å². The highest BCUT2D eigenvalue weighted by molar-refractivity contribution is 7.16. The minimum atomic E-state index is -0.310. The quantitative estimate of drug-likeness (QED) is 0.781. The fourth-order valence-electron chi connectivity index (χ4n) is 1.29. The zero-order chi connectivity index (χ0) is 8.77. The SMILES string of the molecule is CC1(C(O)c2ccc(Cl)s2)CC1. The standard InChI is InChI=1S/C9H11ClOS/c1-9(4-5-9)8(11)6-2-3-7(10)12-6/h2-3,8,11H,4-5H2,1H3. The van der Waals surface area contributed by atoms with E-state index < -0.39 is 0 Å². The Morgan fingerprint density at radius 3 is 2.67 bits per heavy atom. The van der Waals surface area contributed by atoms with E-state index in [2.05, 4.69) is 6.92 Å². The van der Waals surface area contributed by atoms with Crippen molar-refractivity contribution < 1.29 is 5.11 Å². The van der Waals surface area contributed by atoms with E-state index in [1.807, 2.05) is 12.1 Å². The van der Waals surface area contributed by atoms with Crippen LogP contribution in [0.3, 0.4) is 0 Å². The van der Waals surface area contributed by atoms with Gasteiger partial charge in [-0.1, -0.05) is 18.5 Å². The first-order valence-electron chi connectivity index (χ1n) is 4.05. The highest BCUT2D eigenvalue weighted by atomic mass is 35.5. The van der Waals surface area contributed by atoms with Crippen LogP contribution >= 0.6 is 22.9 Å². The van der Waals surface area contributed by atoms with Gasteiger partial charge < -0.3 is 5.11 Å². The Bertz CT molecular complexity index is 290. The van der Waals surface area contributed by atoms with Crippen LogP contribution < -0.4 is 0 Å². The van der Waals surface area contributed by atoms with Gasteiger partial charge in [-0.15, -0.1) is 11.3 Å². The molecule has 1 atom stereocenters. The Hall–Kier alpha value is -0.0500. The molecule has 0 radical (unpaired) electrons. The first-order valence-corrected chi connectivity index (χ1v) is 5.25. The van der Waals surface area contributed by atoms with Gasteiger partial charge in [-0.25, -0.2) is 0 Å². The smallest absolute Gasteiger partial charge is 0.0935 e. The van der Waals surface area contributed by atoms with Gasteiger partial charge in [-0.05, 0) is 30.4 Å². The third-order valence-corrected chi connectivity index (χ3v) is 3.85. The van der Waals surface area contributed by atoms with Crippen LogP contribution in [0.1, 0.15) is 30.7 Å². The van der Waals surface area contributed by atoms with Crippen LogP contribution in [-0.2, 0) is 0 Å². The second-order valence-corrected chi connectivity index (χ2v) is 5.45. The predicted octanol–water partition coefficient (Wildman–Crippen LogP) is 3.24. The fourth-order valence-corrected chi connectivity index (χ4v) is 2.51. The van der Waals surface area contributed by atoms with Gasteiger partial charge >= 0.3 is 0 Å². The van der Waals surface area contributed by atoms with E-state index in [0.29, 0.717) is 0 Å². The van der Waals surface area contributed by atoms with E-state index in [1.165, 1.54) is 11.3 Å². The van der Waals surface area contributed by atoms with Gasteiger partial charge in [0, 0.05) is 4.88 Å². The van der Waals surface area contributed by atoms with Crippen LogP contribution in [0.2, 0.25) is 4.34 Å². The minimum absolute atomic E-state index is 0.133. The zero-order valence-electron chi connectivity index (χ0n) is 6.88. The maximum atomic E-state index is 9.88. The normalized spacial score (nSPS) is 22.2. The molecule has 2 rings (SSSR count). The number of halogens is 1. The second-order valence-electron chi connectivity index (χ2n) is 3.70. The molecule has 0 aromatic carbocycles. The molecule has 12 heavy (non-hydrogen) atoms. The summed E-state index contributed by atoms with van der Waals surface area (Å²) in [5, 5.41) is 9.88. The second kappa shape index (κ2) is 2.72. The molecular weight excluding hydrogens is 192 g/mol. The highest BCUT2D eigenvalue weighted by Crippen LogP contribution is 2.55. The van der Waals surface area contributed by atoms with Gasteiger partial charge in [0.05, 0.1) is 10.4 Å². The summed E-state index contributed by atoms with van der Waals surface area (Å²) < 4.78 is 0.758. The first-order chi connectivity index (χ1) is 5.62. The molecule has 1 aliphatic carbocycles. The molecule has 0 saturated heterocycles. The number of aliphatic hydroxyl groups excluding tert-OH is 1. The average molecular weight is 203 g/mol. The lowest BCUT2D eigenvalue weighted by Crippen LogP contribution is -2.07. The lowest BCUT2D eigenvalue weighted by molar-refractivity contribution is 0.107. The van der Waals surface area contributed by atoms with Gasteiger partial charge in [-0.2, -0.15) is 0 Å². The molecule has 66 valence electrons. The van der Waals surface area contributed by atoms with E-state index >= 15 is 0 Å². The number of hydrogen-bond acceptors (Lipinski definition) is 2. The summed E-state index contributed by atoms with van der Waals surface area (Å²) in [6.45, 7) is 2.12. The Kier molecular flexibility index (Phi) is 1.94. The molecule has 1 aromatic rings. The van der Waals surface area contributed by atoms with Crippen molar-refractivity contribution in [2.75, 3.05) is 0 Å². The Morgan fingerprint density at radius 2 is 2.25 bits per heavy atom. The molecule has 0 aliphatic heterocycles. The van der Waals surface area contributed by atoms with E-state index in [0.717, 1.165) is 22.1 Å². The van der Waals surface area contributed by atoms with Crippen LogP contribution in [0.4, 0.5) is 0 Å². The molecule has 1 N–H and O–H groups in total. The molecular formula is C9H11ClOS. The number of thiophene rings is 1. The van der Waals surface area contributed by atoms with Crippen LogP contribution in [0.15, 0.2) is 12.1 Å². The van der Waals surface area contributed by atoms with Crippen molar-refractivity contribution in [1.82, 2.24) is 0 Å². The van der Waals surface area contributed by atoms with Crippen molar-refractivity contribution >= 4 is 22.9 Å². The molecule has 1 aromatic heterocycles. The van der Waals surface area contributed by atoms with Crippen LogP contribution in [0.5, 0.6) is 0 Å². The van der Waals surface area contributed by atoms with E-state index in [9.17, 15) is 5.11 Å². The summed E-state index contributed by atoms with van der Waals surface area (Å²) in [6, 6.07) is 3.76. The summed E-state index contributed by atoms with van der Waals surface area (Å²) in [5.41, 5.74) is 0.133. The maximum Gasteiger partial charge on any atom is 0.0935 e. The Balaban J connectivity index is 2.19. The van der Waals surface area contributed by atoms with Crippen molar-refractivity contribution in [2.45, 2.75) is 25.9 Å². The van der Waals surface area contributed by atoms with Crippen molar-refractivity contribution in [3.63, 3.8) is 0 Å². The summed E-state index contributed by atoms with van der Waals surface area (Å²) in [7, 11) is 0. The maximum absolute atomic E-state index is 9.88. The highest BCUT2D eigenvalue weighted by Gasteiger charge is 2.45. The molecule has 1 heterocycles. The summed E-state index contributed by atoms with van der Waals surface area (Å²) in [6.07, 6.45) is 1.95. The molecule has 1 fully saturated rings. The summed E-state index contributed by atoms with van der Waals surface area (Å²) in [5.74, 6) is 0. The van der Waals surface area contributed by atoms with Crippen molar-refractivity contribution in [3.8, 4) is 0 Å². The third kappa shape index (κ3) is 1.39. The largest absolute Gasteiger partial charge is 0.387 e. The molecule has 3 heteroatoms. The van der Waals surface area contributed by atoms with Gasteiger partial charge in [0.25, 0.3) is 0 Å². The first kappa shape index (κ1) is 8.54. The van der Waals surface area contributed by atoms with Gasteiger partial charge in [0.2, 0.25) is 0 Å². The van der Waals surface area contributed by atoms with Crippen molar-refractivity contribution in [3.05, 3.63) is 21.3 Å². The molecule has 1 nitrogen and oxygen atoms in total. The van der Waals surface area contributed by atoms with Crippen molar-refractivity contribution in [2.24, 2.45) is 5.41 Å². The van der Waals surface area contributed by atoms with Crippen LogP contribution in [-0.4, -0.2) is 5.11 Å². The minimum Gasteiger partial charge on any atom is -0.387 e. The average Bonchev–Trinajstić information content (AvgIpc) is 2.62. The van der Waals surface area contributed by atoms with Gasteiger partial charge in [0.1, 0.15) is 0 Å². The summed E-state index contributed by atoms with van der Waals surface area (Å²) in [4.78, 5) is 1.00. The molecule has 1 saturated carbocycles. The van der Waals surface area contributed by atoms with E-state index in [-0.39, 0.29) is 11.5 Å². The van der Waals surface area contributed by atoms with Gasteiger partial charge in [-0.3, -0.25) is 0 Å².